The normalized spacial score (nSPS) is 12.7. The minimum absolute atomic E-state index is 0.369. The van der Waals surface area contributed by atoms with E-state index < -0.39 is 0 Å². The first-order valence-corrected chi connectivity index (χ1v) is 8.56. The molecule has 3 rings (SSSR count). The predicted molar refractivity (Wildman–Crippen MR) is 90.8 cm³/mol. The molecule has 0 fully saturated rings. The first-order valence-electron chi connectivity index (χ1n) is 6.69. The molecule has 0 saturated carbocycles. The average Bonchev–Trinajstić information content (AvgIpc) is 3.01. The molecular weight excluding hydrogens is 282 g/mol. The largest absolute Gasteiger partial charge is 0.312 e. The molecule has 0 aliphatic rings. The highest BCUT2D eigenvalue weighted by atomic mass is 32.2. The van der Waals surface area contributed by atoms with E-state index in [1.54, 1.807) is 0 Å². The standard InChI is InChI=1S/C17H17NS2/c1-18-16(12-20-17-10-5-11-19-17)15-9-4-7-13-6-2-3-8-14(13)15/h2-11,16,18H,12H2,1H3. The number of fused-ring (bicyclic) bond motifs is 1. The Balaban J connectivity index is 1.87. The van der Waals surface area contributed by atoms with Gasteiger partial charge in [0.25, 0.3) is 0 Å². The lowest BCUT2D eigenvalue weighted by Gasteiger charge is -2.18. The second kappa shape index (κ2) is 6.44. The van der Waals surface area contributed by atoms with Gasteiger partial charge < -0.3 is 5.32 Å². The number of hydrogen-bond acceptors (Lipinski definition) is 3. The Hall–Kier alpha value is -1.29. The molecule has 0 aliphatic carbocycles. The maximum atomic E-state index is 3.46. The van der Waals surface area contributed by atoms with Crippen LogP contribution >= 0.6 is 23.1 Å². The van der Waals surface area contributed by atoms with Gasteiger partial charge in [-0.2, -0.15) is 0 Å². The van der Waals surface area contributed by atoms with Crippen molar-refractivity contribution >= 4 is 33.9 Å². The quantitative estimate of drug-likeness (QED) is 0.669. The molecule has 0 aliphatic heterocycles. The van der Waals surface area contributed by atoms with Crippen LogP contribution in [0.15, 0.2) is 64.2 Å². The summed E-state index contributed by atoms with van der Waals surface area (Å²) in [4.78, 5) is 0. The number of hydrogen-bond donors (Lipinski definition) is 1. The van der Waals surface area contributed by atoms with Crippen LogP contribution in [-0.4, -0.2) is 12.8 Å². The van der Waals surface area contributed by atoms with Crippen LogP contribution in [0.5, 0.6) is 0 Å². The zero-order chi connectivity index (χ0) is 13.8. The summed E-state index contributed by atoms with van der Waals surface area (Å²) in [6, 6.07) is 19.8. The number of rotatable bonds is 5. The van der Waals surface area contributed by atoms with Crippen LogP contribution in [-0.2, 0) is 0 Å². The van der Waals surface area contributed by atoms with Crippen molar-refractivity contribution in [3.8, 4) is 0 Å². The third-order valence-corrected chi connectivity index (χ3v) is 5.66. The Morgan fingerprint density at radius 3 is 2.70 bits per heavy atom. The van der Waals surface area contributed by atoms with Crippen molar-refractivity contribution in [3.05, 3.63) is 65.5 Å². The van der Waals surface area contributed by atoms with Gasteiger partial charge in [-0.3, -0.25) is 0 Å². The van der Waals surface area contributed by atoms with Crippen molar-refractivity contribution in [1.82, 2.24) is 5.32 Å². The van der Waals surface area contributed by atoms with E-state index >= 15 is 0 Å². The Kier molecular flexibility index (Phi) is 4.41. The van der Waals surface area contributed by atoms with Crippen molar-refractivity contribution in [2.24, 2.45) is 0 Å². The molecule has 1 N–H and O–H groups in total. The van der Waals surface area contributed by atoms with E-state index in [1.165, 1.54) is 20.5 Å². The van der Waals surface area contributed by atoms with Crippen LogP contribution in [0.2, 0.25) is 0 Å². The second-order valence-corrected chi connectivity index (χ2v) is 6.92. The molecule has 3 aromatic rings. The molecule has 0 amide bonds. The van der Waals surface area contributed by atoms with Crippen molar-refractivity contribution in [2.75, 3.05) is 12.8 Å². The van der Waals surface area contributed by atoms with Crippen LogP contribution in [0.3, 0.4) is 0 Å². The van der Waals surface area contributed by atoms with E-state index in [0.29, 0.717) is 6.04 Å². The van der Waals surface area contributed by atoms with Gasteiger partial charge >= 0.3 is 0 Å². The van der Waals surface area contributed by atoms with Crippen LogP contribution in [0.1, 0.15) is 11.6 Å². The fraction of sp³-hybridized carbons (Fsp3) is 0.176. The molecule has 0 spiro atoms. The molecule has 0 radical (unpaired) electrons. The Morgan fingerprint density at radius 2 is 1.90 bits per heavy atom. The minimum Gasteiger partial charge on any atom is -0.312 e. The lowest BCUT2D eigenvalue weighted by molar-refractivity contribution is 0.667. The SMILES string of the molecule is CNC(CSc1cccs1)c1cccc2ccccc12. The van der Waals surface area contributed by atoms with E-state index in [-0.39, 0.29) is 0 Å². The topological polar surface area (TPSA) is 12.0 Å². The average molecular weight is 299 g/mol. The predicted octanol–water partition coefficient (Wildman–Crippen LogP) is 4.95. The Bertz CT molecular complexity index is 671. The molecule has 1 atom stereocenters. The van der Waals surface area contributed by atoms with Gasteiger partial charge in [-0.25, -0.2) is 0 Å². The molecule has 20 heavy (non-hydrogen) atoms. The van der Waals surface area contributed by atoms with E-state index in [2.05, 4.69) is 65.3 Å². The summed E-state index contributed by atoms with van der Waals surface area (Å²) in [6.45, 7) is 0. The molecule has 102 valence electrons. The van der Waals surface area contributed by atoms with Crippen LogP contribution < -0.4 is 5.32 Å². The van der Waals surface area contributed by atoms with Gasteiger partial charge in [0.2, 0.25) is 0 Å². The molecule has 2 aromatic carbocycles. The summed E-state index contributed by atoms with van der Waals surface area (Å²) in [7, 11) is 2.04. The van der Waals surface area contributed by atoms with Crippen molar-refractivity contribution in [2.45, 2.75) is 10.3 Å². The number of nitrogens with one attached hydrogen (secondary N) is 1. The first kappa shape index (κ1) is 13.7. The molecular formula is C17H17NS2. The number of thioether (sulfide) groups is 1. The zero-order valence-corrected chi connectivity index (χ0v) is 13.0. The van der Waals surface area contributed by atoms with E-state index in [1.807, 2.05) is 30.1 Å². The summed E-state index contributed by atoms with van der Waals surface area (Å²) < 4.78 is 1.38. The van der Waals surface area contributed by atoms with Crippen molar-refractivity contribution in [3.63, 3.8) is 0 Å². The number of thiophene rings is 1. The number of benzene rings is 2. The van der Waals surface area contributed by atoms with Crippen LogP contribution in [0.25, 0.3) is 10.8 Å². The second-order valence-electron chi connectivity index (χ2n) is 4.65. The summed E-state index contributed by atoms with van der Waals surface area (Å²) in [6.07, 6.45) is 0. The van der Waals surface area contributed by atoms with E-state index in [4.69, 9.17) is 0 Å². The highest BCUT2D eigenvalue weighted by Crippen LogP contribution is 2.31. The highest BCUT2D eigenvalue weighted by molar-refractivity contribution is 8.01. The van der Waals surface area contributed by atoms with Gasteiger partial charge in [-0.05, 0) is 34.8 Å². The lowest BCUT2D eigenvalue weighted by atomic mass is 10.00. The molecule has 1 nitrogen and oxygen atoms in total. The van der Waals surface area contributed by atoms with Gasteiger partial charge in [0.15, 0.2) is 0 Å². The third-order valence-electron chi connectivity index (χ3n) is 3.43. The monoisotopic (exact) mass is 299 g/mol. The van der Waals surface area contributed by atoms with Gasteiger partial charge in [0, 0.05) is 11.8 Å². The molecule has 1 unspecified atom stereocenters. The van der Waals surface area contributed by atoms with Gasteiger partial charge in [-0.1, -0.05) is 48.5 Å². The van der Waals surface area contributed by atoms with Crippen molar-refractivity contribution in [1.29, 1.82) is 0 Å². The molecule has 0 saturated heterocycles. The molecule has 1 heterocycles. The maximum Gasteiger partial charge on any atom is 0.0599 e. The van der Waals surface area contributed by atoms with Gasteiger partial charge in [0.1, 0.15) is 0 Å². The Labute approximate surface area is 128 Å². The first-order chi connectivity index (χ1) is 9.88. The smallest absolute Gasteiger partial charge is 0.0599 e. The van der Waals surface area contributed by atoms with Crippen LogP contribution in [0.4, 0.5) is 0 Å². The molecule has 0 bridgehead atoms. The summed E-state index contributed by atoms with van der Waals surface area (Å²) in [5, 5.41) is 8.25. The van der Waals surface area contributed by atoms with E-state index in [9.17, 15) is 0 Å². The van der Waals surface area contributed by atoms with E-state index in [0.717, 1.165) is 5.75 Å². The Morgan fingerprint density at radius 1 is 1.05 bits per heavy atom. The minimum atomic E-state index is 0.369. The van der Waals surface area contributed by atoms with Gasteiger partial charge in [-0.15, -0.1) is 23.1 Å². The van der Waals surface area contributed by atoms with Crippen LogP contribution in [0, 0.1) is 0 Å². The maximum absolute atomic E-state index is 3.46. The molecule has 3 heteroatoms. The highest BCUT2D eigenvalue weighted by Gasteiger charge is 2.12. The summed E-state index contributed by atoms with van der Waals surface area (Å²) in [5.41, 5.74) is 1.38. The third kappa shape index (κ3) is 2.90. The lowest BCUT2D eigenvalue weighted by Crippen LogP contribution is -2.18. The fourth-order valence-electron chi connectivity index (χ4n) is 2.39. The fourth-order valence-corrected chi connectivity index (χ4v) is 4.34. The summed E-state index contributed by atoms with van der Waals surface area (Å²) >= 11 is 3.73. The zero-order valence-electron chi connectivity index (χ0n) is 11.4. The van der Waals surface area contributed by atoms with Gasteiger partial charge in [0.05, 0.1) is 4.21 Å². The summed E-state index contributed by atoms with van der Waals surface area (Å²) in [5.74, 6) is 1.05. The molecule has 1 aromatic heterocycles. The van der Waals surface area contributed by atoms with Crippen molar-refractivity contribution < 1.29 is 0 Å².